The van der Waals surface area contributed by atoms with Crippen molar-refractivity contribution in [3.8, 4) is 11.5 Å². The minimum absolute atomic E-state index is 0.300. The van der Waals surface area contributed by atoms with Crippen molar-refractivity contribution in [3.63, 3.8) is 0 Å². The number of rotatable bonds is 3. The molecule has 1 aliphatic heterocycles. The lowest BCUT2D eigenvalue weighted by Gasteiger charge is -2.24. The maximum absolute atomic E-state index is 13.9. The second kappa shape index (κ2) is 6.38. The normalized spacial score (nSPS) is 12.9. The molecule has 1 aliphatic rings. The molecule has 3 N–H and O–H groups in total. The molecule has 2 aromatic heterocycles. The topological polar surface area (TPSA) is 102 Å². The standard InChI is InChI=1S/C19H15FN6O2/c20-11-1-3-14-13(9-11)18(25-24-14)26(19-22-6-5-17(21)23-19)12-2-4-15-16(10-12)28-8-7-27-15/h1-6,9-10H,7-8H2,(H,24,25)(H2,21,22,23). The van der Waals surface area contributed by atoms with Gasteiger partial charge in [0.05, 0.1) is 11.2 Å². The van der Waals surface area contributed by atoms with E-state index in [1.807, 2.05) is 6.07 Å². The van der Waals surface area contributed by atoms with E-state index in [9.17, 15) is 4.39 Å². The molecule has 0 bridgehead atoms. The van der Waals surface area contributed by atoms with E-state index >= 15 is 0 Å². The van der Waals surface area contributed by atoms with Gasteiger partial charge in [0, 0.05) is 17.6 Å². The predicted octanol–water partition coefficient (Wildman–Crippen LogP) is 3.32. The molecule has 0 atom stereocenters. The lowest BCUT2D eigenvalue weighted by Crippen LogP contribution is -2.18. The van der Waals surface area contributed by atoms with Crippen LogP contribution in [-0.4, -0.2) is 33.4 Å². The molecule has 0 saturated heterocycles. The average molecular weight is 378 g/mol. The highest BCUT2D eigenvalue weighted by Crippen LogP contribution is 2.40. The summed E-state index contributed by atoms with van der Waals surface area (Å²) in [6.07, 6.45) is 1.55. The molecule has 0 amide bonds. The van der Waals surface area contributed by atoms with Gasteiger partial charge < -0.3 is 15.2 Å². The fraction of sp³-hybridized carbons (Fsp3) is 0.105. The molecule has 9 heteroatoms. The average Bonchev–Trinajstić information content (AvgIpc) is 3.11. The third-order valence-corrected chi connectivity index (χ3v) is 4.36. The maximum atomic E-state index is 13.9. The Balaban J connectivity index is 1.72. The number of benzene rings is 2. The van der Waals surface area contributed by atoms with Crippen LogP contribution < -0.4 is 20.1 Å². The van der Waals surface area contributed by atoms with Crippen molar-refractivity contribution in [2.75, 3.05) is 23.8 Å². The first-order chi connectivity index (χ1) is 13.7. The molecule has 0 aliphatic carbocycles. The van der Waals surface area contributed by atoms with Gasteiger partial charge in [-0.1, -0.05) is 0 Å². The van der Waals surface area contributed by atoms with E-state index in [1.165, 1.54) is 12.1 Å². The second-order valence-electron chi connectivity index (χ2n) is 6.18. The van der Waals surface area contributed by atoms with Gasteiger partial charge in [-0.3, -0.25) is 10.00 Å². The Kier molecular flexibility index (Phi) is 3.71. The van der Waals surface area contributed by atoms with Crippen molar-refractivity contribution in [2.24, 2.45) is 0 Å². The number of nitrogens with two attached hydrogens (primary N) is 1. The fourth-order valence-electron chi connectivity index (χ4n) is 3.12. The highest BCUT2D eigenvalue weighted by Gasteiger charge is 2.23. The summed E-state index contributed by atoms with van der Waals surface area (Å²) < 4.78 is 25.2. The van der Waals surface area contributed by atoms with Crippen LogP contribution in [0.2, 0.25) is 0 Å². The van der Waals surface area contributed by atoms with Gasteiger partial charge in [0.1, 0.15) is 24.8 Å². The molecule has 0 spiro atoms. The smallest absolute Gasteiger partial charge is 0.237 e. The molecule has 0 radical (unpaired) electrons. The Labute approximate surface area is 158 Å². The summed E-state index contributed by atoms with van der Waals surface area (Å²) in [4.78, 5) is 10.3. The number of ether oxygens (including phenoxy) is 2. The first-order valence-corrected chi connectivity index (χ1v) is 8.61. The molecule has 4 aromatic rings. The monoisotopic (exact) mass is 378 g/mol. The van der Waals surface area contributed by atoms with Crippen LogP contribution in [0.4, 0.5) is 27.7 Å². The highest BCUT2D eigenvalue weighted by molar-refractivity contribution is 5.94. The van der Waals surface area contributed by atoms with E-state index < -0.39 is 0 Å². The van der Waals surface area contributed by atoms with Gasteiger partial charge in [0.15, 0.2) is 17.3 Å². The predicted molar refractivity (Wildman–Crippen MR) is 102 cm³/mol. The van der Waals surface area contributed by atoms with Gasteiger partial charge in [-0.05, 0) is 36.4 Å². The second-order valence-corrected chi connectivity index (χ2v) is 6.18. The highest BCUT2D eigenvalue weighted by atomic mass is 19.1. The van der Waals surface area contributed by atoms with Crippen molar-refractivity contribution in [1.82, 2.24) is 20.2 Å². The van der Waals surface area contributed by atoms with Crippen LogP contribution in [0, 0.1) is 5.82 Å². The van der Waals surface area contributed by atoms with Crippen LogP contribution in [0.3, 0.4) is 0 Å². The first kappa shape index (κ1) is 16.3. The Morgan fingerprint density at radius 3 is 2.75 bits per heavy atom. The molecule has 3 heterocycles. The Morgan fingerprint density at radius 1 is 1.04 bits per heavy atom. The summed E-state index contributed by atoms with van der Waals surface area (Å²) in [7, 11) is 0. The van der Waals surface area contributed by atoms with Crippen LogP contribution in [0.15, 0.2) is 48.7 Å². The number of nitrogens with one attached hydrogen (secondary N) is 1. The lowest BCUT2D eigenvalue weighted by atomic mass is 10.2. The third kappa shape index (κ3) is 2.73. The molecule has 5 rings (SSSR count). The number of anilines is 4. The number of hydrogen-bond donors (Lipinski definition) is 2. The number of nitrogens with zero attached hydrogens (tertiary/aromatic N) is 4. The lowest BCUT2D eigenvalue weighted by molar-refractivity contribution is 0.171. The number of hydrogen-bond acceptors (Lipinski definition) is 7. The molecule has 140 valence electrons. The molecule has 28 heavy (non-hydrogen) atoms. The summed E-state index contributed by atoms with van der Waals surface area (Å²) >= 11 is 0. The van der Waals surface area contributed by atoms with E-state index in [2.05, 4.69) is 20.2 Å². The van der Waals surface area contributed by atoms with Gasteiger partial charge in [0.25, 0.3) is 0 Å². The van der Waals surface area contributed by atoms with E-state index in [0.29, 0.717) is 58.9 Å². The Hall–Kier alpha value is -3.88. The molecule has 0 fully saturated rings. The van der Waals surface area contributed by atoms with Gasteiger partial charge in [-0.15, -0.1) is 0 Å². The number of nitrogen functional groups attached to an aromatic ring is 1. The summed E-state index contributed by atoms with van der Waals surface area (Å²) in [6.45, 7) is 0.958. The van der Waals surface area contributed by atoms with E-state index in [-0.39, 0.29) is 5.82 Å². The molecule has 8 nitrogen and oxygen atoms in total. The van der Waals surface area contributed by atoms with Crippen LogP contribution in [0.1, 0.15) is 0 Å². The van der Waals surface area contributed by atoms with Crippen LogP contribution >= 0.6 is 0 Å². The molecule has 2 aromatic carbocycles. The molecular weight excluding hydrogens is 363 g/mol. The minimum Gasteiger partial charge on any atom is -0.486 e. The van der Waals surface area contributed by atoms with Gasteiger partial charge >= 0.3 is 0 Å². The van der Waals surface area contributed by atoms with Crippen molar-refractivity contribution in [2.45, 2.75) is 0 Å². The van der Waals surface area contributed by atoms with E-state index in [4.69, 9.17) is 15.2 Å². The number of fused-ring (bicyclic) bond motifs is 2. The van der Waals surface area contributed by atoms with Crippen molar-refractivity contribution in [1.29, 1.82) is 0 Å². The molecule has 0 saturated carbocycles. The summed E-state index contributed by atoms with van der Waals surface area (Å²) in [5, 5.41) is 7.87. The first-order valence-electron chi connectivity index (χ1n) is 8.61. The quantitative estimate of drug-likeness (QED) is 0.564. The minimum atomic E-state index is -0.370. The zero-order valence-electron chi connectivity index (χ0n) is 14.6. The summed E-state index contributed by atoms with van der Waals surface area (Å²) in [5.74, 6) is 1.93. The third-order valence-electron chi connectivity index (χ3n) is 4.36. The van der Waals surface area contributed by atoms with Crippen LogP contribution in [0.25, 0.3) is 10.9 Å². The number of aromatic nitrogens is 4. The van der Waals surface area contributed by atoms with Crippen molar-refractivity contribution < 1.29 is 13.9 Å². The fourth-order valence-corrected chi connectivity index (χ4v) is 3.12. The van der Waals surface area contributed by atoms with E-state index in [0.717, 1.165) is 0 Å². The Morgan fingerprint density at radius 2 is 1.89 bits per heavy atom. The van der Waals surface area contributed by atoms with Gasteiger partial charge in [0.2, 0.25) is 5.95 Å². The zero-order valence-corrected chi connectivity index (χ0v) is 14.6. The zero-order chi connectivity index (χ0) is 19.1. The Bertz CT molecular complexity index is 1180. The molecular formula is C19H15FN6O2. The van der Waals surface area contributed by atoms with Gasteiger partial charge in [-0.25, -0.2) is 9.37 Å². The molecule has 0 unspecified atom stereocenters. The van der Waals surface area contributed by atoms with Crippen molar-refractivity contribution >= 4 is 34.2 Å². The summed E-state index contributed by atoms with van der Waals surface area (Å²) in [5.41, 5.74) is 7.22. The van der Waals surface area contributed by atoms with Crippen LogP contribution in [-0.2, 0) is 0 Å². The SMILES string of the molecule is Nc1ccnc(N(c2ccc3c(c2)OCCO3)c2n[nH]c3ccc(F)cc23)n1. The largest absolute Gasteiger partial charge is 0.486 e. The number of halogens is 1. The van der Waals surface area contributed by atoms with Gasteiger partial charge in [-0.2, -0.15) is 10.1 Å². The summed E-state index contributed by atoms with van der Waals surface area (Å²) in [6, 6.07) is 11.4. The number of aromatic amines is 1. The van der Waals surface area contributed by atoms with Crippen LogP contribution in [0.5, 0.6) is 11.5 Å². The van der Waals surface area contributed by atoms with E-state index in [1.54, 1.807) is 35.4 Å². The number of H-pyrrole nitrogens is 1. The maximum Gasteiger partial charge on any atom is 0.237 e. The van der Waals surface area contributed by atoms with Crippen molar-refractivity contribution in [3.05, 3.63) is 54.5 Å².